The van der Waals surface area contributed by atoms with Crippen LogP contribution in [0.2, 0.25) is 5.02 Å². The van der Waals surface area contributed by atoms with E-state index in [9.17, 15) is 4.79 Å². The van der Waals surface area contributed by atoms with E-state index in [0.29, 0.717) is 5.02 Å². The number of carbonyl (C=O) groups excluding carboxylic acids is 1. The molecule has 0 unspecified atom stereocenters. The highest BCUT2D eigenvalue weighted by Crippen LogP contribution is 2.27. The summed E-state index contributed by atoms with van der Waals surface area (Å²) in [5.41, 5.74) is 0.403. The predicted octanol–water partition coefficient (Wildman–Crippen LogP) is 4.40. The lowest BCUT2D eigenvalue weighted by molar-refractivity contribution is 0.155. The summed E-state index contributed by atoms with van der Waals surface area (Å²) in [7, 11) is 0. The quantitative estimate of drug-likeness (QED) is 0.877. The molecule has 0 aliphatic rings. The average Bonchev–Trinajstić information content (AvgIpc) is 2.26. The van der Waals surface area contributed by atoms with Crippen LogP contribution < -0.4 is 5.32 Å². The Morgan fingerprint density at radius 1 is 1.15 bits per heavy atom. The van der Waals surface area contributed by atoms with E-state index in [0.717, 1.165) is 5.56 Å². The molecule has 0 heterocycles. The lowest BCUT2D eigenvalue weighted by atomic mass is 9.94. The molecule has 0 aliphatic heterocycles. The molecular formula is C16H25ClN2O. The Balaban J connectivity index is 2.96. The lowest BCUT2D eigenvalue weighted by Gasteiger charge is -2.36. The Kier molecular flexibility index (Phi) is 5.46. The van der Waals surface area contributed by atoms with Crippen LogP contribution in [-0.2, 0) is 5.54 Å². The van der Waals surface area contributed by atoms with Gasteiger partial charge in [0.25, 0.3) is 0 Å². The second kappa shape index (κ2) is 6.49. The summed E-state index contributed by atoms with van der Waals surface area (Å²) in [5, 5.41) is 3.74. The first-order valence-corrected chi connectivity index (χ1v) is 7.40. The average molecular weight is 297 g/mol. The maximum absolute atomic E-state index is 12.5. The number of urea groups is 1. The molecule has 0 spiro atoms. The Hall–Kier alpha value is -1.22. The van der Waals surface area contributed by atoms with E-state index in [1.165, 1.54) is 0 Å². The van der Waals surface area contributed by atoms with Gasteiger partial charge < -0.3 is 10.2 Å². The van der Waals surface area contributed by atoms with Gasteiger partial charge in [-0.1, -0.05) is 29.8 Å². The summed E-state index contributed by atoms with van der Waals surface area (Å²) in [6, 6.07) is 7.83. The number of benzene rings is 1. The normalized spacial score (nSPS) is 11.8. The molecule has 0 saturated carbocycles. The van der Waals surface area contributed by atoms with Gasteiger partial charge in [-0.05, 0) is 53.2 Å². The van der Waals surface area contributed by atoms with Crippen LogP contribution in [0.3, 0.4) is 0 Å². The molecule has 20 heavy (non-hydrogen) atoms. The van der Waals surface area contributed by atoms with Crippen molar-refractivity contribution in [3.05, 3.63) is 34.9 Å². The molecule has 0 atom stereocenters. The number of nitrogens with zero attached hydrogens (tertiary/aromatic N) is 1. The number of amides is 2. The van der Waals surface area contributed by atoms with Crippen molar-refractivity contribution in [3.8, 4) is 0 Å². The third-order valence-electron chi connectivity index (χ3n) is 3.31. The van der Waals surface area contributed by atoms with Crippen LogP contribution in [0.4, 0.5) is 4.79 Å². The summed E-state index contributed by atoms with van der Waals surface area (Å²) in [6.45, 7) is 12.0. The van der Waals surface area contributed by atoms with Gasteiger partial charge in [0.2, 0.25) is 0 Å². The fraction of sp³-hybridized carbons (Fsp3) is 0.562. The van der Waals surface area contributed by atoms with Crippen LogP contribution in [0.25, 0.3) is 0 Å². The number of hydrogen-bond donors (Lipinski definition) is 1. The zero-order valence-electron chi connectivity index (χ0n) is 13.2. The van der Waals surface area contributed by atoms with Crippen molar-refractivity contribution < 1.29 is 4.79 Å². The number of halogens is 1. The molecule has 0 aromatic heterocycles. The number of hydrogen-bond acceptors (Lipinski definition) is 1. The first kappa shape index (κ1) is 16.8. The van der Waals surface area contributed by atoms with Gasteiger partial charge in [0.15, 0.2) is 0 Å². The van der Waals surface area contributed by atoms with Gasteiger partial charge in [-0.15, -0.1) is 0 Å². The minimum atomic E-state index is -0.516. The standard InChI is InChI=1S/C16H25ClN2O/c1-11(2)19(12(3)4)15(20)18-16(5,6)13-9-7-8-10-14(13)17/h7-12H,1-6H3,(H,18,20). The summed E-state index contributed by atoms with van der Waals surface area (Å²) in [5.74, 6) is 0. The van der Waals surface area contributed by atoms with E-state index in [4.69, 9.17) is 11.6 Å². The smallest absolute Gasteiger partial charge is 0.318 e. The van der Waals surface area contributed by atoms with Crippen molar-refractivity contribution in [3.63, 3.8) is 0 Å². The van der Waals surface area contributed by atoms with Crippen molar-refractivity contribution in [1.82, 2.24) is 10.2 Å². The van der Waals surface area contributed by atoms with E-state index in [1.54, 1.807) is 0 Å². The van der Waals surface area contributed by atoms with Crippen LogP contribution in [-0.4, -0.2) is 23.0 Å². The van der Waals surface area contributed by atoms with Gasteiger partial charge in [-0.2, -0.15) is 0 Å². The molecular weight excluding hydrogens is 272 g/mol. The third-order valence-corrected chi connectivity index (χ3v) is 3.64. The van der Waals surface area contributed by atoms with Gasteiger partial charge in [0.1, 0.15) is 0 Å². The van der Waals surface area contributed by atoms with Crippen molar-refractivity contribution >= 4 is 17.6 Å². The highest BCUT2D eigenvalue weighted by atomic mass is 35.5. The second-order valence-corrected chi connectivity index (χ2v) is 6.54. The molecule has 0 bridgehead atoms. The molecule has 1 aromatic rings. The van der Waals surface area contributed by atoms with E-state index < -0.39 is 5.54 Å². The van der Waals surface area contributed by atoms with Crippen molar-refractivity contribution in [1.29, 1.82) is 0 Å². The van der Waals surface area contributed by atoms with Gasteiger partial charge in [0.05, 0.1) is 5.54 Å². The largest absolute Gasteiger partial charge is 0.329 e. The third kappa shape index (κ3) is 3.89. The molecule has 0 aliphatic carbocycles. The van der Waals surface area contributed by atoms with Crippen LogP contribution in [0.1, 0.15) is 47.1 Å². The molecule has 3 nitrogen and oxygen atoms in total. The summed E-state index contributed by atoms with van der Waals surface area (Å²) in [6.07, 6.45) is 0. The minimum absolute atomic E-state index is 0.0695. The van der Waals surface area contributed by atoms with Crippen LogP contribution in [0, 0.1) is 0 Å². The Bertz CT molecular complexity index is 461. The second-order valence-electron chi connectivity index (χ2n) is 6.13. The summed E-state index contributed by atoms with van der Waals surface area (Å²) >= 11 is 6.23. The van der Waals surface area contributed by atoms with E-state index in [1.807, 2.05) is 70.7 Å². The molecule has 0 radical (unpaired) electrons. The van der Waals surface area contributed by atoms with E-state index >= 15 is 0 Å². The lowest BCUT2D eigenvalue weighted by Crippen LogP contribution is -2.53. The molecule has 4 heteroatoms. The van der Waals surface area contributed by atoms with Crippen LogP contribution in [0.5, 0.6) is 0 Å². The van der Waals surface area contributed by atoms with Gasteiger partial charge in [-0.25, -0.2) is 4.79 Å². The summed E-state index contributed by atoms with van der Waals surface area (Å²) in [4.78, 5) is 14.3. The SMILES string of the molecule is CC(C)N(C(=O)NC(C)(C)c1ccccc1Cl)C(C)C. The maximum atomic E-state index is 12.5. The predicted molar refractivity (Wildman–Crippen MR) is 85.1 cm³/mol. The van der Waals surface area contributed by atoms with Crippen molar-refractivity contribution in [2.75, 3.05) is 0 Å². The zero-order valence-corrected chi connectivity index (χ0v) is 14.0. The highest BCUT2D eigenvalue weighted by Gasteiger charge is 2.29. The Morgan fingerprint density at radius 2 is 1.65 bits per heavy atom. The molecule has 0 fully saturated rings. The topological polar surface area (TPSA) is 32.3 Å². The summed E-state index contributed by atoms with van der Waals surface area (Å²) < 4.78 is 0. The highest BCUT2D eigenvalue weighted by molar-refractivity contribution is 6.31. The number of carbonyl (C=O) groups is 1. The van der Waals surface area contributed by atoms with Gasteiger partial charge >= 0.3 is 6.03 Å². The fourth-order valence-electron chi connectivity index (χ4n) is 2.43. The zero-order chi connectivity index (χ0) is 15.5. The van der Waals surface area contributed by atoms with Gasteiger partial charge in [-0.3, -0.25) is 0 Å². The van der Waals surface area contributed by atoms with Crippen molar-refractivity contribution in [2.45, 2.75) is 59.2 Å². The maximum Gasteiger partial charge on any atom is 0.318 e. The fourth-order valence-corrected chi connectivity index (χ4v) is 2.80. The minimum Gasteiger partial charge on any atom is -0.329 e. The molecule has 1 rings (SSSR count). The first-order chi connectivity index (χ1) is 9.16. The molecule has 0 saturated heterocycles. The molecule has 1 N–H and O–H groups in total. The molecule has 2 amide bonds. The van der Waals surface area contributed by atoms with Crippen molar-refractivity contribution in [2.24, 2.45) is 0 Å². The van der Waals surface area contributed by atoms with Crippen LogP contribution >= 0.6 is 11.6 Å². The Morgan fingerprint density at radius 3 is 2.10 bits per heavy atom. The first-order valence-electron chi connectivity index (χ1n) is 7.02. The molecule has 112 valence electrons. The molecule has 1 aromatic carbocycles. The van der Waals surface area contributed by atoms with E-state index in [-0.39, 0.29) is 18.1 Å². The van der Waals surface area contributed by atoms with E-state index in [2.05, 4.69) is 5.32 Å². The Labute approximate surface area is 127 Å². The van der Waals surface area contributed by atoms with Gasteiger partial charge in [0, 0.05) is 17.1 Å². The number of nitrogens with one attached hydrogen (secondary N) is 1. The monoisotopic (exact) mass is 296 g/mol. The number of rotatable bonds is 4. The van der Waals surface area contributed by atoms with Crippen LogP contribution in [0.15, 0.2) is 24.3 Å².